The van der Waals surface area contributed by atoms with Gasteiger partial charge in [0.25, 0.3) is 0 Å². The van der Waals surface area contributed by atoms with Gasteiger partial charge in [-0.1, -0.05) is 13.3 Å². The molecule has 1 N–H and O–H groups in total. The number of nitrogens with zero attached hydrogens (tertiary/aromatic N) is 1. The summed E-state index contributed by atoms with van der Waals surface area (Å²) in [5.74, 6) is 0.934. The van der Waals surface area contributed by atoms with Crippen molar-refractivity contribution in [3.63, 3.8) is 0 Å². The average molecular weight is 255 g/mol. The molecule has 0 aromatic heterocycles. The molecule has 3 atom stereocenters. The first-order chi connectivity index (χ1) is 8.43. The van der Waals surface area contributed by atoms with Crippen molar-refractivity contribution < 1.29 is 14.6 Å². The monoisotopic (exact) mass is 255 g/mol. The van der Waals surface area contributed by atoms with Gasteiger partial charge in [0, 0.05) is 19.0 Å². The number of hydrogen-bond acceptors (Lipinski definition) is 3. The van der Waals surface area contributed by atoms with E-state index in [-0.39, 0.29) is 30.1 Å². The van der Waals surface area contributed by atoms with Crippen LogP contribution in [0.2, 0.25) is 0 Å². The van der Waals surface area contributed by atoms with E-state index in [2.05, 4.69) is 6.92 Å². The third kappa shape index (κ3) is 2.86. The summed E-state index contributed by atoms with van der Waals surface area (Å²) in [5.41, 5.74) is -0.358. The zero-order chi connectivity index (χ0) is 13.3. The molecule has 0 spiro atoms. The van der Waals surface area contributed by atoms with Gasteiger partial charge in [0.2, 0.25) is 5.91 Å². The molecule has 4 heteroatoms. The Morgan fingerprint density at radius 1 is 1.44 bits per heavy atom. The molecule has 1 amide bonds. The van der Waals surface area contributed by atoms with Crippen molar-refractivity contribution in [2.45, 2.75) is 51.7 Å². The molecule has 1 saturated carbocycles. The van der Waals surface area contributed by atoms with Crippen LogP contribution in [-0.4, -0.2) is 47.3 Å². The molecule has 2 aliphatic rings. The normalized spacial score (nSPS) is 35.8. The van der Waals surface area contributed by atoms with Gasteiger partial charge in [-0.25, -0.2) is 0 Å². The van der Waals surface area contributed by atoms with E-state index in [0.717, 1.165) is 19.3 Å². The minimum absolute atomic E-state index is 0.0204. The number of morpholine rings is 1. The van der Waals surface area contributed by atoms with Crippen molar-refractivity contribution in [1.29, 1.82) is 0 Å². The fourth-order valence-corrected chi connectivity index (χ4v) is 3.31. The minimum Gasteiger partial charge on any atom is -0.394 e. The fraction of sp³-hybridized carbons (Fsp3) is 0.929. The summed E-state index contributed by atoms with van der Waals surface area (Å²) < 4.78 is 5.75. The summed E-state index contributed by atoms with van der Waals surface area (Å²) in [6, 6.07) is 0. The first kappa shape index (κ1) is 13.8. The van der Waals surface area contributed by atoms with Crippen molar-refractivity contribution in [3.05, 3.63) is 0 Å². The predicted molar refractivity (Wildman–Crippen MR) is 69.1 cm³/mol. The second-order valence-electron chi connectivity index (χ2n) is 6.42. The number of ether oxygens (including phenoxy) is 1. The van der Waals surface area contributed by atoms with Gasteiger partial charge in [-0.15, -0.1) is 0 Å². The molecule has 1 aliphatic carbocycles. The van der Waals surface area contributed by atoms with Crippen LogP contribution in [0.4, 0.5) is 0 Å². The molecule has 1 heterocycles. The van der Waals surface area contributed by atoms with Crippen LogP contribution in [0.15, 0.2) is 0 Å². The first-order valence-electron chi connectivity index (χ1n) is 7.00. The van der Waals surface area contributed by atoms with Gasteiger partial charge in [0.15, 0.2) is 0 Å². The lowest BCUT2D eigenvalue weighted by Gasteiger charge is -2.43. The number of rotatable bonds is 2. The molecule has 4 nitrogen and oxygen atoms in total. The van der Waals surface area contributed by atoms with Gasteiger partial charge in [-0.3, -0.25) is 4.79 Å². The predicted octanol–water partition coefficient (Wildman–Crippen LogP) is 1.42. The van der Waals surface area contributed by atoms with Crippen molar-refractivity contribution >= 4 is 5.91 Å². The van der Waals surface area contributed by atoms with Crippen molar-refractivity contribution in [2.24, 2.45) is 11.8 Å². The van der Waals surface area contributed by atoms with Gasteiger partial charge in [0.05, 0.1) is 18.3 Å². The maximum absolute atomic E-state index is 12.5. The second kappa shape index (κ2) is 5.17. The highest BCUT2D eigenvalue weighted by Gasteiger charge is 2.39. The highest BCUT2D eigenvalue weighted by atomic mass is 16.5. The van der Waals surface area contributed by atoms with Crippen LogP contribution in [0.3, 0.4) is 0 Å². The van der Waals surface area contributed by atoms with E-state index in [9.17, 15) is 9.90 Å². The molecule has 2 fully saturated rings. The summed E-state index contributed by atoms with van der Waals surface area (Å²) in [7, 11) is 0. The van der Waals surface area contributed by atoms with Crippen LogP contribution in [0.5, 0.6) is 0 Å². The van der Waals surface area contributed by atoms with Gasteiger partial charge in [-0.05, 0) is 32.6 Å². The van der Waals surface area contributed by atoms with Crippen LogP contribution in [0, 0.1) is 11.8 Å². The number of carbonyl (C=O) groups is 1. The van der Waals surface area contributed by atoms with Crippen LogP contribution in [0.25, 0.3) is 0 Å². The van der Waals surface area contributed by atoms with E-state index in [1.807, 2.05) is 18.7 Å². The second-order valence-corrected chi connectivity index (χ2v) is 6.42. The molecular weight excluding hydrogens is 230 g/mol. The number of aliphatic hydroxyl groups excluding tert-OH is 1. The molecule has 0 aromatic rings. The molecule has 1 aliphatic heterocycles. The highest BCUT2D eigenvalue weighted by molar-refractivity contribution is 5.79. The van der Waals surface area contributed by atoms with E-state index in [1.165, 1.54) is 0 Å². The van der Waals surface area contributed by atoms with E-state index < -0.39 is 0 Å². The maximum Gasteiger partial charge on any atom is 0.226 e. The fourth-order valence-electron chi connectivity index (χ4n) is 3.31. The van der Waals surface area contributed by atoms with E-state index in [0.29, 0.717) is 19.0 Å². The standard InChI is InChI=1S/C14H25NO3/c1-10-5-4-6-12(10)13(17)15-7-11(8-16)18-14(2,3)9-15/h10-12,16H,4-9H2,1-3H3. The van der Waals surface area contributed by atoms with Crippen molar-refractivity contribution in [3.8, 4) is 0 Å². The number of amides is 1. The van der Waals surface area contributed by atoms with Gasteiger partial charge < -0.3 is 14.7 Å². The van der Waals surface area contributed by atoms with E-state index in [1.54, 1.807) is 0 Å². The lowest BCUT2D eigenvalue weighted by atomic mass is 9.95. The molecule has 104 valence electrons. The van der Waals surface area contributed by atoms with Crippen molar-refractivity contribution in [2.75, 3.05) is 19.7 Å². The number of carbonyl (C=O) groups excluding carboxylic acids is 1. The molecule has 0 bridgehead atoms. The van der Waals surface area contributed by atoms with Crippen LogP contribution in [0.1, 0.15) is 40.0 Å². The molecule has 2 rings (SSSR count). The Morgan fingerprint density at radius 2 is 2.17 bits per heavy atom. The van der Waals surface area contributed by atoms with Gasteiger partial charge in [0.1, 0.15) is 0 Å². The SMILES string of the molecule is CC1CCCC1C(=O)N1CC(CO)OC(C)(C)C1. The Labute approximate surface area is 109 Å². The minimum atomic E-state index is -0.358. The lowest BCUT2D eigenvalue weighted by Crippen LogP contribution is -2.56. The summed E-state index contributed by atoms with van der Waals surface area (Å²) in [6.45, 7) is 7.27. The van der Waals surface area contributed by atoms with Gasteiger partial charge in [-0.2, -0.15) is 0 Å². The van der Waals surface area contributed by atoms with Gasteiger partial charge >= 0.3 is 0 Å². The summed E-state index contributed by atoms with van der Waals surface area (Å²) in [4.78, 5) is 14.4. The van der Waals surface area contributed by atoms with Crippen LogP contribution < -0.4 is 0 Å². The zero-order valence-corrected chi connectivity index (χ0v) is 11.7. The zero-order valence-electron chi connectivity index (χ0n) is 11.7. The summed E-state index contributed by atoms with van der Waals surface area (Å²) >= 11 is 0. The Hall–Kier alpha value is -0.610. The van der Waals surface area contributed by atoms with E-state index >= 15 is 0 Å². The molecule has 1 saturated heterocycles. The van der Waals surface area contributed by atoms with E-state index in [4.69, 9.17) is 4.74 Å². The lowest BCUT2D eigenvalue weighted by molar-refractivity contribution is -0.170. The number of aliphatic hydroxyl groups is 1. The smallest absolute Gasteiger partial charge is 0.226 e. The third-order valence-corrected chi connectivity index (χ3v) is 4.18. The summed E-state index contributed by atoms with van der Waals surface area (Å²) in [5, 5.41) is 9.28. The largest absolute Gasteiger partial charge is 0.394 e. The van der Waals surface area contributed by atoms with Crippen LogP contribution in [-0.2, 0) is 9.53 Å². The Bertz CT molecular complexity index is 316. The maximum atomic E-state index is 12.5. The molecule has 0 radical (unpaired) electrons. The Kier molecular flexibility index (Phi) is 3.97. The average Bonchev–Trinajstić information content (AvgIpc) is 2.72. The molecule has 0 aromatic carbocycles. The number of hydrogen-bond donors (Lipinski definition) is 1. The Morgan fingerprint density at radius 3 is 2.72 bits per heavy atom. The third-order valence-electron chi connectivity index (χ3n) is 4.18. The first-order valence-corrected chi connectivity index (χ1v) is 7.00. The summed E-state index contributed by atoms with van der Waals surface area (Å²) in [6.07, 6.45) is 3.10. The quantitative estimate of drug-likeness (QED) is 0.812. The topological polar surface area (TPSA) is 49.8 Å². The van der Waals surface area contributed by atoms with Crippen LogP contribution >= 0.6 is 0 Å². The molecule has 3 unspecified atom stereocenters. The molecule has 18 heavy (non-hydrogen) atoms. The highest BCUT2D eigenvalue weighted by Crippen LogP contribution is 2.34. The van der Waals surface area contributed by atoms with Crippen molar-refractivity contribution in [1.82, 2.24) is 4.90 Å². The Balaban J connectivity index is 2.05. The molecular formula is C14H25NO3.